The lowest BCUT2D eigenvalue weighted by molar-refractivity contribution is 0.0426. The molecule has 3 nitrogen and oxygen atoms in total. The van der Waals surface area contributed by atoms with Gasteiger partial charge in [-0.1, -0.05) is 12.1 Å². The fraction of sp³-hybridized carbons (Fsp3) is 0.455. The molecule has 1 fully saturated rings. The van der Waals surface area contributed by atoms with E-state index in [-0.39, 0.29) is 6.10 Å². The minimum atomic E-state index is 0.179. The molecule has 1 saturated heterocycles. The summed E-state index contributed by atoms with van der Waals surface area (Å²) in [5.74, 6) is 1.74. The molecule has 14 heavy (non-hydrogen) atoms. The number of para-hydroxylation sites is 2. The molecule has 2 unspecified atom stereocenters. The van der Waals surface area contributed by atoms with Crippen molar-refractivity contribution in [3.05, 3.63) is 24.3 Å². The van der Waals surface area contributed by atoms with Gasteiger partial charge in [0.05, 0.1) is 0 Å². The van der Waals surface area contributed by atoms with E-state index in [0.717, 1.165) is 18.0 Å². The van der Waals surface area contributed by atoms with Crippen LogP contribution in [-0.4, -0.2) is 25.3 Å². The molecule has 1 N–H and O–H groups in total. The van der Waals surface area contributed by atoms with E-state index in [1.807, 2.05) is 24.3 Å². The number of benzene rings is 1. The second-order valence-electron chi connectivity index (χ2n) is 3.76. The monoisotopic (exact) mass is 191 g/mol. The second kappa shape index (κ2) is 3.17. The highest BCUT2D eigenvalue weighted by Gasteiger charge is 2.32. The number of hydrogen-bond acceptors (Lipinski definition) is 3. The largest absolute Gasteiger partial charge is 0.486 e. The predicted octanol–water partition coefficient (Wildman–Crippen LogP) is 1.19. The summed E-state index contributed by atoms with van der Waals surface area (Å²) in [6.45, 7) is 1.76. The summed E-state index contributed by atoms with van der Waals surface area (Å²) >= 11 is 0. The molecule has 0 spiro atoms. The quantitative estimate of drug-likeness (QED) is 0.723. The van der Waals surface area contributed by atoms with E-state index >= 15 is 0 Å². The molecule has 2 aliphatic heterocycles. The van der Waals surface area contributed by atoms with E-state index in [4.69, 9.17) is 9.47 Å². The van der Waals surface area contributed by atoms with E-state index in [1.165, 1.54) is 6.42 Å². The van der Waals surface area contributed by atoms with Crippen molar-refractivity contribution < 1.29 is 9.47 Å². The number of ether oxygens (including phenoxy) is 2. The first kappa shape index (κ1) is 8.12. The molecule has 2 atom stereocenters. The first-order valence-electron chi connectivity index (χ1n) is 5.05. The minimum absolute atomic E-state index is 0.179. The van der Waals surface area contributed by atoms with E-state index in [9.17, 15) is 0 Å². The van der Waals surface area contributed by atoms with Crippen LogP contribution in [0.5, 0.6) is 11.5 Å². The zero-order chi connectivity index (χ0) is 9.38. The summed E-state index contributed by atoms with van der Waals surface area (Å²) in [4.78, 5) is 0. The molecule has 0 bridgehead atoms. The molecule has 0 aliphatic carbocycles. The van der Waals surface area contributed by atoms with Crippen molar-refractivity contribution in [2.24, 2.45) is 0 Å². The molecule has 0 saturated carbocycles. The lowest BCUT2D eigenvalue weighted by atomic mass is 10.0. The Labute approximate surface area is 83.0 Å². The molecular weight excluding hydrogens is 178 g/mol. The van der Waals surface area contributed by atoms with Crippen LogP contribution in [0, 0.1) is 0 Å². The van der Waals surface area contributed by atoms with Crippen LogP contribution in [0.1, 0.15) is 6.42 Å². The summed E-state index contributed by atoms with van der Waals surface area (Å²) in [6.07, 6.45) is 1.37. The average Bonchev–Trinajstić information content (AvgIpc) is 2.15. The van der Waals surface area contributed by atoms with E-state index in [1.54, 1.807) is 0 Å². The molecule has 0 amide bonds. The van der Waals surface area contributed by atoms with E-state index in [0.29, 0.717) is 12.6 Å². The van der Waals surface area contributed by atoms with Crippen LogP contribution < -0.4 is 14.8 Å². The number of rotatable bonds is 1. The molecule has 1 aromatic carbocycles. The third kappa shape index (κ3) is 1.24. The minimum Gasteiger partial charge on any atom is -0.486 e. The van der Waals surface area contributed by atoms with Crippen LogP contribution >= 0.6 is 0 Å². The molecule has 3 heteroatoms. The first-order chi connectivity index (χ1) is 6.93. The smallest absolute Gasteiger partial charge is 0.161 e. The second-order valence-corrected chi connectivity index (χ2v) is 3.76. The summed E-state index contributed by atoms with van der Waals surface area (Å²) in [7, 11) is 0. The van der Waals surface area contributed by atoms with Crippen LogP contribution in [-0.2, 0) is 0 Å². The Balaban J connectivity index is 1.79. The fourth-order valence-corrected chi connectivity index (χ4v) is 1.86. The lowest BCUT2D eigenvalue weighted by Crippen LogP contribution is -2.55. The summed E-state index contributed by atoms with van der Waals surface area (Å²) in [5.41, 5.74) is 0. The zero-order valence-corrected chi connectivity index (χ0v) is 7.90. The van der Waals surface area contributed by atoms with Gasteiger partial charge in [0, 0.05) is 6.04 Å². The third-order valence-corrected chi connectivity index (χ3v) is 2.84. The highest BCUT2D eigenvalue weighted by Crippen LogP contribution is 2.32. The van der Waals surface area contributed by atoms with Crippen molar-refractivity contribution in [1.82, 2.24) is 5.32 Å². The fourth-order valence-electron chi connectivity index (χ4n) is 1.86. The van der Waals surface area contributed by atoms with Gasteiger partial charge in [-0.3, -0.25) is 0 Å². The number of nitrogens with one attached hydrogen (secondary N) is 1. The van der Waals surface area contributed by atoms with E-state index < -0.39 is 0 Å². The van der Waals surface area contributed by atoms with Crippen LogP contribution in [0.15, 0.2) is 24.3 Å². The van der Waals surface area contributed by atoms with Crippen molar-refractivity contribution in [2.45, 2.75) is 18.6 Å². The topological polar surface area (TPSA) is 30.5 Å². The standard InChI is InChI=1S/C11H13NO2/c1-2-4-10-9(3-1)13-7-11(14-10)8-5-6-12-8/h1-4,8,11-12H,5-7H2. The van der Waals surface area contributed by atoms with Gasteiger partial charge in [-0.15, -0.1) is 0 Å². The summed E-state index contributed by atoms with van der Waals surface area (Å²) in [6, 6.07) is 8.31. The van der Waals surface area contributed by atoms with Crippen LogP contribution in [0.3, 0.4) is 0 Å². The SMILES string of the molecule is c1ccc2c(c1)OCC(C1CCN1)O2. The zero-order valence-electron chi connectivity index (χ0n) is 7.90. The van der Waals surface area contributed by atoms with Gasteiger partial charge < -0.3 is 14.8 Å². The Morgan fingerprint density at radius 1 is 1.21 bits per heavy atom. The Morgan fingerprint density at radius 2 is 2.00 bits per heavy atom. The Morgan fingerprint density at radius 3 is 2.71 bits per heavy atom. The Hall–Kier alpha value is -1.22. The van der Waals surface area contributed by atoms with Crippen LogP contribution in [0.25, 0.3) is 0 Å². The van der Waals surface area contributed by atoms with Gasteiger partial charge >= 0.3 is 0 Å². The van der Waals surface area contributed by atoms with Crippen LogP contribution in [0.2, 0.25) is 0 Å². The van der Waals surface area contributed by atoms with Gasteiger partial charge in [-0.05, 0) is 25.1 Å². The van der Waals surface area contributed by atoms with Gasteiger partial charge in [-0.2, -0.15) is 0 Å². The average molecular weight is 191 g/mol. The molecule has 2 heterocycles. The maximum absolute atomic E-state index is 5.85. The lowest BCUT2D eigenvalue weighted by Gasteiger charge is -2.37. The van der Waals surface area contributed by atoms with Crippen molar-refractivity contribution in [3.63, 3.8) is 0 Å². The number of fused-ring (bicyclic) bond motifs is 1. The van der Waals surface area contributed by atoms with Crippen molar-refractivity contribution in [2.75, 3.05) is 13.2 Å². The number of hydrogen-bond donors (Lipinski definition) is 1. The van der Waals surface area contributed by atoms with Crippen LogP contribution in [0.4, 0.5) is 0 Å². The maximum atomic E-state index is 5.85. The van der Waals surface area contributed by atoms with Crippen molar-refractivity contribution >= 4 is 0 Å². The highest BCUT2D eigenvalue weighted by atomic mass is 16.6. The highest BCUT2D eigenvalue weighted by molar-refractivity contribution is 5.40. The molecule has 3 rings (SSSR count). The van der Waals surface area contributed by atoms with E-state index in [2.05, 4.69) is 5.32 Å². The molecule has 0 aromatic heterocycles. The van der Waals surface area contributed by atoms with Gasteiger partial charge in [0.25, 0.3) is 0 Å². The van der Waals surface area contributed by atoms with Gasteiger partial charge in [0.1, 0.15) is 12.7 Å². The molecule has 2 aliphatic rings. The third-order valence-electron chi connectivity index (χ3n) is 2.84. The first-order valence-corrected chi connectivity index (χ1v) is 5.05. The van der Waals surface area contributed by atoms with Crippen molar-refractivity contribution in [1.29, 1.82) is 0 Å². The predicted molar refractivity (Wildman–Crippen MR) is 52.8 cm³/mol. The molecule has 74 valence electrons. The molecule has 0 radical (unpaired) electrons. The maximum Gasteiger partial charge on any atom is 0.161 e. The summed E-state index contributed by atoms with van der Waals surface area (Å²) < 4.78 is 11.5. The van der Waals surface area contributed by atoms with Gasteiger partial charge in [-0.25, -0.2) is 0 Å². The van der Waals surface area contributed by atoms with Gasteiger partial charge in [0.15, 0.2) is 11.5 Å². The Bertz CT molecular complexity index is 336. The normalized spacial score (nSPS) is 29.4. The summed E-state index contributed by atoms with van der Waals surface area (Å²) in [5, 5.41) is 3.34. The Kier molecular flexibility index (Phi) is 1.84. The molecular formula is C11H13NO2. The molecule has 1 aromatic rings. The van der Waals surface area contributed by atoms with Gasteiger partial charge in [0.2, 0.25) is 0 Å². The van der Waals surface area contributed by atoms with Crippen molar-refractivity contribution in [3.8, 4) is 11.5 Å².